The number of hydrogen-bond acceptors (Lipinski definition) is 3. The molecule has 1 aliphatic heterocycles. The van der Waals surface area contributed by atoms with Crippen LogP contribution in [-0.4, -0.2) is 22.2 Å². The number of rotatable bonds is 3. The third-order valence-corrected chi connectivity index (χ3v) is 3.91. The highest BCUT2D eigenvalue weighted by atomic mass is 16.7. The molecule has 3 unspecified atom stereocenters. The fraction of sp³-hybridized carbons (Fsp3) is 0.615. The Labute approximate surface area is 101 Å². The number of hydroxylamine groups is 2. The maximum atomic E-state index is 10.9. The summed E-state index contributed by atoms with van der Waals surface area (Å²) >= 11 is 0. The molecule has 0 spiro atoms. The van der Waals surface area contributed by atoms with E-state index in [9.17, 15) is 4.79 Å². The number of carbonyl (C=O) groups is 1. The Morgan fingerprint density at radius 1 is 1.53 bits per heavy atom. The topological polar surface area (TPSA) is 49.8 Å². The average molecular weight is 235 g/mol. The molecule has 1 fully saturated rings. The molecule has 0 amide bonds. The Kier molecular flexibility index (Phi) is 2.38. The molecule has 0 aromatic carbocycles. The minimum Gasteiger partial charge on any atom is -0.481 e. The van der Waals surface area contributed by atoms with E-state index < -0.39 is 5.97 Å². The van der Waals surface area contributed by atoms with Gasteiger partial charge < -0.3 is 9.94 Å². The van der Waals surface area contributed by atoms with Crippen molar-refractivity contribution < 1.29 is 14.7 Å². The van der Waals surface area contributed by atoms with E-state index in [0.717, 1.165) is 5.76 Å². The molecule has 0 aromatic heterocycles. The summed E-state index contributed by atoms with van der Waals surface area (Å²) in [6.45, 7) is 1.88. The van der Waals surface area contributed by atoms with Crippen LogP contribution in [0.1, 0.15) is 32.6 Å². The van der Waals surface area contributed by atoms with Crippen LogP contribution in [0.15, 0.2) is 23.6 Å². The molecule has 2 aliphatic carbocycles. The molecular formula is C13H17NO3. The van der Waals surface area contributed by atoms with Gasteiger partial charge in [-0.1, -0.05) is 6.08 Å². The zero-order valence-electron chi connectivity index (χ0n) is 9.93. The zero-order chi connectivity index (χ0) is 12.0. The van der Waals surface area contributed by atoms with Crippen LogP contribution in [0.2, 0.25) is 0 Å². The second-order valence-electron chi connectivity index (χ2n) is 5.22. The van der Waals surface area contributed by atoms with Gasteiger partial charge in [-0.3, -0.25) is 4.79 Å². The highest BCUT2D eigenvalue weighted by Crippen LogP contribution is 2.46. The molecule has 0 saturated heterocycles. The number of hydrogen-bond donors (Lipinski definition) is 1. The fourth-order valence-electron chi connectivity index (χ4n) is 3.22. The summed E-state index contributed by atoms with van der Waals surface area (Å²) in [5.74, 6) is 1.29. The third-order valence-electron chi connectivity index (χ3n) is 3.91. The van der Waals surface area contributed by atoms with Crippen LogP contribution in [0.25, 0.3) is 0 Å². The number of aliphatic carboxylic acids is 1. The SMILES string of the molecule is CC1=CC(CC(=O)O)N(C2=CC3CCC2C3)O1. The summed E-state index contributed by atoms with van der Waals surface area (Å²) in [5.41, 5.74) is 1.21. The van der Waals surface area contributed by atoms with Crippen molar-refractivity contribution in [2.75, 3.05) is 0 Å². The van der Waals surface area contributed by atoms with Crippen LogP contribution in [0.5, 0.6) is 0 Å². The molecule has 0 aromatic rings. The van der Waals surface area contributed by atoms with Gasteiger partial charge in [-0.2, -0.15) is 0 Å². The molecule has 3 rings (SSSR count). The molecule has 17 heavy (non-hydrogen) atoms. The molecule has 3 aliphatic rings. The summed E-state index contributed by atoms with van der Waals surface area (Å²) in [5, 5.41) is 10.7. The zero-order valence-corrected chi connectivity index (χ0v) is 9.93. The van der Waals surface area contributed by atoms with E-state index in [2.05, 4.69) is 6.08 Å². The van der Waals surface area contributed by atoms with Gasteiger partial charge in [0.15, 0.2) is 0 Å². The molecule has 92 valence electrons. The summed E-state index contributed by atoms with van der Waals surface area (Å²) in [6, 6.07) is -0.141. The molecule has 4 nitrogen and oxygen atoms in total. The minimum atomic E-state index is -0.779. The first kappa shape index (κ1) is 10.7. The normalized spacial score (nSPS) is 34.6. The average Bonchev–Trinajstić information content (AvgIpc) is 2.91. The standard InChI is InChI=1S/C13H17NO3/c1-8-4-11(7-13(15)16)14(17-8)12-6-9-2-3-10(12)5-9/h4,6,9-11H,2-3,5,7H2,1H3,(H,15,16). The van der Waals surface area contributed by atoms with E-state index in [1.54, 1.807) is 0 Å². The van der Waals surface area contributed by atoms with Crippen LogP contribution in [0, 0.1) is 11.8 Å². The second kappa shape index (κ2) is 3.79. The first-order chi connectivity index (χ1) is 8.13. The fourth-order valence-corrected chi connectivity index (χ4v) is 3.22. The van der Waals surface area contributed by atoms with Gasteiger partial charge in [-0.05, 0) is 38.2 Å². The van der Waals surface area contributed by atoms with Crippen molar-refractivity contribution in [3.63, 3.8) is 0 Å². The Balaban J connectivity index is 1.79. The number of carboxylic acid groups (broad SMARTS) is 1. The van der Waals surface area contributed by atoms with Gasteiger partial charge in [0.1, 0.15) is 5.76 Å². The summed E-state index contributed by atoms with van der Waals surface area (Å²) in [7, 11) is 0. The lowest BCUT2D eigenvalue weighted by molar-refractivity contribution is -0.142. The largest absolute Gasteiger partial charge is 0.481 e. The van der Waals surface area contributed by atoms with Gasteiger partial charge in [0, 0.05) is 5.92 Å². The van der Waals surface area contributed by atoms with Crippen molar-refractivity contribution >= 4 is 5.97 Å². The summed E-state index contributed by atoms with van der Waals surface area (Å²) in [4.78, 5) is 16.5. The molecule has 3 atom stereocenters. The molecule has 1 saturated carbocycles. The predicted octanol–water partition coefficient (Wildman–Crippen LogP) is 2.29. The van der Waals surface area contributed by atoms with E-state index in [1.807, 2.05) is 18.1 Å². The van der Waals surface area contributed by atoms with E-state index in [0.29, 0.717) is 11.8 Å². The second-order valence-corrected chi connectivity index (χ2v) is 5.22. The highest BCUT2D eigenvalue weighted by Gasteiger charge is 2.40. The summed E-state index contributed by atoms with van der Waals surface area (Å²) < 4.78 is 0. The number of nitrogens with zero attached hydrogens (tertiary/aromatic N) is 1. The molecule has 1 heterocycles. The quantitative estimate of drug-likeness (QED) is 0.815. The van der Waals surface area contributed by atoms with Crippen LogP contribution in [-0.2, 0) is 9.63 Å². The van der Waals surface area contributed by atoms with Crippen molar-refractivity contribution in [3.8, 4) is 0 Å². The van der Waals surface area contributed by atoms with Crippen LogP contribution in [0.3, 0.4) is 0 Å². The lowest BCUT2D eigenvalue weighted by atomic mass is 10.0. The lowest BCUT2D eigenvalue weighted by Crippen LogP contribution is -2.32. The third kappa shape index (κ3) is 1.81. The molecular weight excluding hydrogens is 218 g/mol. The van der Waals surface area contributed by atoms with Crippen molar-refractivity contribution in [1.29, 1.82) is 0 Å². The lowest BCUT2D eigenvalue weighted by Gasteiger charge is -2.29. The van der Waals surface area contributed by atoms with Gasteiger partial charge in [-0.25, -0.2) is 5.06 Å². The Morgan fingerprint density at radius 2 is 2.35 bits per heavy atom. The van der Waals surface area contributed by atoms with Crippen LogP contribution in [0.4, 0.5) is 0 Å². The van der Waals surface area contributed by atoms with E-state index >= 15 is 0 Å². The maximum absolute atomic E-state index is 10.9. The molecule has 0 radical (unpaired) electrons. The first-order valence-corrected chi connectivity index (χ1v) is 6.22. The van der Waals surface area contributed by atoms with Gasteiger partial charge in [0.25, 0.3) is 0 Å². The monoisotopic (exact) mass is 235 g/mol. The first-order valence-electron chi connectivity index (χ1n) is 6.22. The van der Waals surface area contributed by atoms with E-state index in [1.165, 1.54) is 25.0 Å². The summed E-state index contributed by atoms with van der Waals surface area (Å²) in [6.07, 6.45) is 7.99. The number of allylic oxidation sites excluding steroid dienone is 3. The smallest absolute Gasteiger partial charge is 0.305 e. The Morgan fingerprint density at radius 3 is 2.94 bits per heavy atom. The predicted molar refractivity (Wildman–Crippen MR) is 61.6 cm³/mol. The Hall–Kier alpha value is -1.45. The maximum Gasteiger partial charge on any atom is 0.305 e. The van der Waals surface area contributed by atoms with Crippen molar-refractivity contribution in [2.24, 2.45) is 11.8 Å². The van der Waals surface area contributed by atoms with Gasteiger partial charge in [-0.15, -0.1) is 0 Å². The molecule has 2 bridgehead atoms. The Bertz CT molecular complexity index is 413. The van der Waals surface area contributed by atoms with Crippen LogP contribution < -0.4 is 0 Å². The number of fused-ring (bicyclic) bond motifs is 2. The minimum absolute atomic E-state index is 0.103. The van der Waals surface area contributed by atoms with Gasteiger partial charge in [0.2, 0.25) is 0 Å². The van der Waals surface area contributed by atoms with Crippen molar-refractivity contribution in [2.45, 2.75) is 38.6 Å². The van der Waals surface area contributed by atoms with Crippen molar-refractivity contribution in [3.05, 3.63) is 23.6 Å². The molecule has 1 N–H and O–H groups in total. The van der Waals surface area contributed by atoms with Crippen LogP contribution >= 0.6 is 0 Å². The van der Waals surface area contributed by atoms with E-state index in [4.69, 9.17) is 9.94 Å². The van der Waals surface area contributed by atoms with Crippen molar-refractivity contribution in [1.82, 2.24) is 5.06 Å². The van der Waals surface area contributed by atoms with E-state index in [-0.39, 0.29) is 12.5 Å². The molecule has 4 heteroatoms. The van der Waals surface area contributed by atoms with Gasteiger partial charge >= 0.3 is 5.97 Å². The highest BCUT2D eigenvalue weighted by molar-refractivity contribution is 5.68. The van der Waals surface area contributed by atoms with Gasteiger partial charge in [0.05, 0.1) is 18.2 Å². The number of carboxylic acids is 1.